The van der Waals surface area contributed by atoms with Crippen LogP contribution in [0, 0.1) is 11.6 Å². The van der Waals surface area contributed by atoms with Crippen molar-refractivity contribution in [2.45, 2.75) is 6.04 Å². The number of rotatable bonds is 5. The third kappa shape index (κ3) is 4.36. The van der Waals surface area contributed by atoms with Crippen molar-refractivity contribution in [3.8, 4) is 5.75 Å². The molecule has 0 aliphatic carbocycles. The Kier molecular flexibility index (Phi) is 5.80. The molecule has 0 aromatic heterocycles. The molecule has 1 atom stereocenters. The molecule has 1 saturated heterocycles. The van der Waals surface area contributed by atoms with Gasteiger partial charge in [-0.15, -0.1) is 0 Å². The summed E-state index contributed by atoms with van der Waals surface area (Å²) in [7, 11) is 1.62. The fourth-order valence-corrected chi connectivity index (χ4v) is 3.19. The van der Waals surface area contributed by atoms with Crippen molar-refractivity contribution in [3.05, 3.63) is 59.7 Å². The Hall–Kier alpha value is -2.51. The summed E-state index contributed by atoms with van der Waals surface area (Å²) < 4.78 is 32.0. The summed E-state index contributed by atoms with van der Waals surface area (Å²) in [6.45, 7) is 2.23. The highest BCUT2D eigenvalue weighted by Gasteiger charge is 2.27. The van der Waals surface area contributed by atoms with E-state index in [0.29, 0.717) is 13.1 Å². The monoisotopic (exact) mass is 361 g/mol. The molecule has 2 aromatic rings. The van der Waals surface area contributed by atoms with Crippen molar-refractivity contribution < 1.29 is 18.3 Å². The minimum Gasteiger partial charge on any atom is -0.496 e. The second-order valence-corrected chi connectivity index (χ2v) is 6.14. The van der Waals surface area contributed by atoms with Gasteiger partial charge < -0.3 is 15.4 Å². The molecule has 0 radical (unpaired) electrons. The third-order valence-electron chi connectivity index (χ3n) is 4.35. The number of carbonyl (C=O) groups is 1. The zero-order valence-corrected chi connectivity index (χ0v) is 14.5. The van der Waals surface area contributed by atoms with Crippen LogP contribution in [0.4, 0.5) is 14.5 Å². The van der Waals surface area contributed by atoms with E-state index >= 15 is 0 Å². The minimum absolute atomic E-state index is 0.0325. The largest absolute Gasteiger partial charge is 0.496 e. The summed E-state index contributed by atoms with van der Waals surface area (Å²) in [5, 5.41) is 5.88. The average Bonchev–Trinajstić information content (AvgIpc) is 2.61. The van der Waals surface area contributed by atoms with E-state index in [0.717, 1.165) is 36.1 Å². The first-order valence-electron chi connectivity index (χ1n) is 8.40. The molecule has 0 bridgehead atoms. The van der Waals surface area contributed by atoms with Gasteiger partial charge in [0.1, 0.15) is 17.4 Å². The predicted octanol–water partition coefficient (Wildman–Crippen LogP) is 2.56. The first kappa shape index (κ1) is 18.3. The average molecular weight is 361 g/mol. The van der Waals surface area contributed by atoms with E-state index in [1.165, 1.54) is 0 Å². The number of nitrogens with one attached hydrogen (secondary N) is 2. The Bertz CT molecular complexity index is 765. The first-order chi connectivity index (χ1) is 12.6. The fraction of sp³-hybridized carbons (Fsp3) is 0.316. The highest BCUT2D eigenvalue weighted by Crippen LogP contribution is 2.30. The zero-order chi connectivity index (χ0) is 18.5. The lowest BCUT2D eigenvalue weighted by Crippen LogP contribution is -2.48. The van der Waals surface area contributed by atoms with Gasteiger partial charge in [-0.2, -0.15) is 0 Å². The van der Waals surface area contributed by atoms with E-state index < -0.39 is 11.6 Å². The highest BCUT2D eigenvalue weighted by molar-refractivity contribution is 5.92. The molecule has 1 amide bonds. The summed E-state index contributed by atoms with van der Waals surface area (Å²) in [5.74, 6) is -1.01. The number of ether oxygens (including phenoxy) is 1. The number of methoxy groups -OCH3 is 1. The van der Waals surface area contributed by atoms with Crippen molar-refractivity contribution in [3.63, 3.8) is 0 Å². The van der Waals surface area contributed by atoms with Gasteiger partial charge in [-0.05, 0) is 18.2 Å². The molecule has 1 aliphatic heterocycles. The van der Waals surface area contributed by atoms with E-state index in [2.05, 4.69) is 10.6 Å². The van der Waals surface area contributed by atoms with E-state index in [-0.39, 0.29) is 24.2 Å². The Balaban J connectivity index is 1.73. The van der Waals surface area contributed by atoms with Crippen LogP contribution in [-0.2, 0) is 4.79 Å². The number of anilines is 1. The van der Waals surface area contributed by atoms with Crippen LogP contribution >= 0.6 is 0 Å². The Morgan fingerprint density at radius 3 is 2.73 bits per heavy atom. The number of halogens is 2. The molecule has 26 heavy (non-hydrogen) atoms. The maximum atomic E-state index is 13.3. The number of carbonyl (C=O) groups excluding carboxylic acids is 1. The van der Waals surface area contributed by atoms with E-state index in [4.69, 9.17) is 4.74 Å². The molecule has 5 nitrogen and oxygen atoms in total. The number of nitrogens with zero attached hydrogens (tertiary/aromatic N) is 1. The third-order valence-corrected chi connectivity index (χ3v) is 4.35. The zero-order valence-electron chi connectivity index (χ0n) is 14.5. The maximum Gasteiger partial charge on any atom is 0.238 e. The molecule has 1 aliphatic rings. The van der Waals surface area contributed by atoms with Crippen LogP contribution in [0.1, 0.15) is 11.6 Å². The van der Waals surface area contributed by atoms with Crippen LogP contribution in [0.2, 0.25) is 0 Å². The highest BCUT2D eigenvalue weighted by atomic mass is 19.1. The van der Waals surface area contributed by atoms with Gasteiger partial charge in [0, 0.05) is 37.0 Å². The topological polar surface area (TPSA) is 53.6 Å². The van der Waals surface area contributed by atoms with E-state index in [1.54, 1.807) is 7.11 Å². The van der Waals surface area contributed by atoms with Crippen molar-refractivity contribution in [2.24, 2.45) is 0 Å². The summed E-state index contributed by atoms with van der Waals surface area (Å²) in [4.78, 5) is 14.4. The van der Waals surface area contributed by atoms with Crippen molar-refractivity contribution >= 4 is 11.6 Å². The fourth-order valence-electron chi connectivity index (χ4n) is 3.19. The number of benzene rings is 2. The summed E-state index contributed by atoms with van der Waals surface area (Å²) in [5.41, 5.74) is 1.10. The lowest BCUT2D eigenvalue weighted by Gasteiger charge is -2.36. The predicted molar refractivity (Wildman–Crippen MR) is 95.2 cm³/mol. The SMILES string of the molecule is COc1ccccc1C1CNCCN1CC(=O)Nc1cc(F)cc(F)c1. The van der Waals surface area contributed by atoms with Gasteiger partial charge in [0.05, 0.1) is 19.7 Å². The number of para-hydroxylation sites is 1. The molecule has 2 N–H and O–H groups in total. The summed E-state index contributed by atoms with van der Waals surface area (Å²) in [6.07, 6.45) is 0. The summed E-state index contributed by atoms with van der Waals surface area (Å²) >= 11 is 0. The van der Waals surface area contributed by atoms with E-state index in [1.807, 2.05) is 29.2 Å². The minimum atomic E-state index is -0.727. The van der Waals surface area contributed by atoms with Gasteiger partial charge in [0.25, 0.3) is 0 Å². The van der Waals surface area contributed by atoms with Crippen LogP contribution in [0.5, 0.6) is 5.75 Å². The van der Waals surface area contributed by atoms with E-state index in [9.17, 15) is 13.6 Å². The van der Waals surface area contributed by atoms with Gasteiger partial charge in [-0.3, -0.25) is 9.69 Å². The van der Waals surface area contributed by atoms with Crippen LogP contribution in [0.25, 0.3) is 0 Å². The van der Waals surface area contributed by atoms with Crippen molar-refractivity contribution in [1.29, 1.82) is 0 Å². The second kappa shape index (κ2) is 8.25. The van der Waals surface area contributed by atoms with Gasteiger partial charge in [0.2, 0.25) is 5.91 Å². The summed E-state index contributed by atoms with van der Waals surface area (Å²) in [6, 6.07) is 10.6. The molecule has 7 heteroatoms. The Labute approximate surface area is 151 Å². The van der Waals surface area contributed by atoms with Crippen LogP contribution in [0.15, 0.2) is 42.5 Å². The van der Waals surface area contributed by atoms with Crippen LogP contribution in [-0.4, -0.2) is 44.1 Å². The van der Waals surface area contributed by atoms with Crippen LogP contribution in [0.3, 0.4) is 0 Å². The molecule has 1 unspecified atom stereocenters. The molecule has 1 fully saturated rings. The smallest absolute Gasteiger partial charge is 0.238 e. The molecule has 3 rings (SSSR count). The molecule has 1 heterocycles. The second-order valence-electron chi connectivity index (χ2n) is 6.14. The standard InChI is InChI=1S/C19H21F2N3O2/c1-26-18-5-3-2-4-16(18)17-11-22-6-7-24(17)12-19(25)23-15-9-13(20)8-14(21)10-15/h2-5,8-10,17,22H,6-7,11-12H2,1H3,(H,23,25). The molecule has 0 spiro atoms. The maximum absolute atomic E-state index is 13.3. The Morgan fingerprint density at radius 2 is 2.00 bits per heavy atom. The lowest BCUT2D eigenvalue weighted by molar-refractivity contribution is -0.118. The lowest BCUT2D eigenvalue weighted by atomic mass is 10.0. The number of hydrogen-bond acceptors (Lipinski definition) is 4. The van der Waals surface area contributed by atoms with Gasteiger partial charge in [-0.25, -0.2) is 8.78 Å². The molecular weight excluding hydrogens is 340 g/mol. The van der Waals surface area contributed by atoms with Crippen LogP contribution < -0.4 is 15.4 Å². The van der Waals surface area contributed by atoms with Gasteiger partial charge in [0.15, 0.2) is 0 Å². The Morgan fingerprint density at radius 1 is 1.27 bits per heavy atom. The number of amides is 1. The van der Waals surface area contributed by atoms with Gasteiger partial charge in [-0.1, -0.05) is 18.2 Å². The number of piperazine rings is 1. The molecule has 2 aromatic carbocycles. The van der Waals surface area contributed by atoms with Crippen molar-refractivity contribution in [2.75, 3.05) is 38.6 Å². The molecular formula is C19H21F2N3O2. The first-order valence-corrected chi connectivity index (χ1v) is 8.40. The van der Waals surface area contributed by atoms with Gasteiger partial charge >= 0.3 is 0 Å². The quantitative estimate of drug-likeness (QED) is 0.860. The molecule has 0 saturated carbocycles. The number of hydrogen-bond donors (Lipinski definition) is 2. The van der Waals surface area contributed by atoms with Crippen molar-refractivity contribution in [1.82, 2.24) is 10.2 Å². The molecule has 138 valence electrons. The normalized spacial score (nSPS) is 17.7.